The van der Waals surface area contributed by atoms with Crippen LogP contribution in [0.4, 0.5) is 0 Å². The number of thioether (sulfide) groups is 1. The second-order valence-electron chi connectivity index (χ2n) is 7.50. The van der Waals surface area contributed by atoms with Crippen LogP contribution in [-0.2, 0) is 18.5 Å². The fourth-order valence-electron chi connectivity index (χ4n) is 3.54. The van der Waals surface area contributed by atoms with E-state index in [0.29, 0.717) is 17.4 Å². The molecule has 0 aliphatic carbocycles. The lowest BCUT2D eigenvalue weighted by Crippen LogP contribution is -2.38. The second-order valence-corrected chi connectivity index (χ2v) is 9.27. The van der Waals surface area contributed by atoms with E-state index in [9.17, 15) is 4.79 Å². The number of thiazole rings is 1. The zero-order valence-corrected chi connectivity index (χ0v) is 18.8. The van der Waals surface area contributed by atoms with Gasteiger partial charge in [0.1, 0.15) is 16.4 Å². The Balaban J connectivity index is 1.72. The summed E-state index contributed by atoms with van der Waals surface area (Å²) in [5.74, 6) is -0.0481. The lowest BCUT2D eigenvalue weighted by atomic mass is 10.0. The highest BCUT2D eigenvalue weighted by atomic mass is 32.2. The summed E-state index contributed by atoms with van der Waals surface area (Å²) >= 11 is 3.06. The van der Waals surface area contributed by atoms with Gasteiger partial charge in [0.2, 0.25) is 0 Å². The molecule has 6 nitrogen and oxygen atoms in total. The molecule has 0 unspecified atom stereocenters. The first kappa shape index (κ1) is 20.0. The number of fused-ring (bicyclic) bond motifs is 1. The molecular weight excluding hydrogens is 402 g/mol. The average Bonchev–Trinajstić information content (AvgIpc) is 3.23. The highest BCUT2D eigenvalue weighted by molar-refractivity contribution is 7.98. The van der Waals surface area contributed by atoms with Gasteiger partial charge < -0.3 is 4.90 Å². The van der Waals surface area contributed by atoms with Gasteiger partial charge in [-0.1, -0.05) is 24.8 Å². The number of hydrogen-bond donors (Lipinski definition) is 0. The van der Waals surface area contributed by atoms with Gasteiger partial charge in [-0.25, -0.2) is 15.0 Å². The summed E-state index contributed by atoms with van der Waals surface area (Å²) in [5.41, 5.74) is 3.80. The molecule has 1 aliphatic heterocycles. The van der Waals surface area contributed by atoms with Crippen LogP contribution in [0.5, 0.6) is 0 Å². The van der Waals surface area contributed by atoms with E-state index < -0.39 is 5.54 Å². The Morgan fingerprint density at radius 2 is 1.97 bits per heavy atom. The van der Waals surface area contributed by atoms with Crippen molar-refractivity contribution in [2.24, 2.45) is 0 Å². The van der Waals surface area contributed by atoms with Crippen molar-refractivity contribution in [3.63, 3.8) is 0 Å². The molecular formula is C21H23N5OS2. The highest BCUT2D eigenvalue weighted by Gasteiger charge is 2.46. The van der Waals surface area contributed by atoms with Crippen LogP contribution < -0.4 is 0 Å². The smallest absolute Gasteiger partial charge is 0.274 e. The van der Waals surface area contributed by atoms with Crippen LogP contribution in [0.1, 0.15) is 53.1 Å². The van der Waals surface area contributed by atoms with E-state index >= 15 is 0 Å². The van der Waals surface area contributed by atoms with Crippen LogP contribution in [0.25, 0.3) is 10.7 Å². The van der Waals surface area contributed by atoms with Gasteiger partial charge in [0, 0.05) is 11.9 Å². The first-order valence-electron chi connectivity index (χ1n) is 9.51. The van der Waals surface area contributed by atoms with Crippen molar-refractivity contribution in [1.82, 2.24) is 24.8 Å². The number of pyridine rings is 1. The Kier molecular flexibility index (Phi) is 5.16. The zero-order chi connectivity index (χ0) is 20.8. The second kappa shape index (κ2) is 7.50. The number of aromatic nitrogens is 4. The minimum atomic E-state index is -0.449. The molecule has 0 spiro atoms. The van der Waals surface area contributed by atoms with E-state index in [1.54, 1.807) is 11.3 Å². The number of carbonyl (C=O) groups excluding carboxylic acids is 1. The summed E-state index contributed by atoms with van der Waals surface area (Å²) in [6.45, 7) is 8.65. The first-order valence-corrected chi connectivity index (χ1v) is 11.5. The summed E-state index contributed by atoms with van der Waals surface area (Å²) < 4.78 is 0. The molecule has 0 saturated carbocycles. The molecule has 3 aromatic rings. The Bertz CT molecular complexity index is 1090. The summed E-state index contributed by atoms with van der Waals surface area (Å²) in [6, 6.07) is 5.89. The van der Waals surface area contributed by atoms with Crippen molar-refractivity contribution < 1.29 is 4.79 Å². The Labute approximate surface area is 178 Å². The van der Waals surface area contributed by atoms with E-state index in [-0.39, 0.29) is 5.91 Å². The maximum absolute atomic E-state index is 13.2. The van der Waals surface area contributed by atoms with Gasteiger partial charge in [0.15, 0.2) is 5.16 Å². The van der Waals surface area contributed by atoms with Crippen molar-refractivity contribution in [3.8, 4) is 10.7 Å². The van der Waals surface area contributed by atoms with Gasteiger partial charge in [-0.15, -0.1) is 11.3 Å². The largest absolute Gasteiger partial charge is 0.321 e. The molecule has 8 heteroatoms. The van der Waals surface area contributed by atoms with Crippen molar-refractivity contribution in [2.75, 3.05) is 6.26 Å². The SMILES string of the molecule is CCc1cnc(SC)nc1-c1nc2c(s1)C(C)(C)N(Cc1cccc(C)n1)C2=O. The number of amides is 1. The number of rotatable bonds is 5. The molecule has 1 aliphatic rings. The van der Waals surface area contributed by atoms with Gasteiger partial charge in [0.25, 0.3) is 5.91 Å². The minimum absolute atomic E-state index is 0.0481. The molecule has 0 N–H and O–H groups in total. The lowest BCUT2D eigenvalue weighted by molar-refractivity contribution is 0.0591. The van der Waals surface area contributed by atoms with Gasteiger partial charge in [0.05, 0.1) is 22.7 Å². The quantitative estimate of drug-likeness (QED) is 0.443. The van der Waals surface area contributed by atoms with E-state index in [4.69, 9.17) is 4.98 Å². The highest BCUT2D eigenvalue weighted by Crippen LogP contribution is 2.45. The van der Waals surface area contributed by atoms with Crippen molar-refractivity contribution in [1.29, 1.82) is 0 Å². The summed E-state index contributed by atoms with van der Waals surface area (Å²) in [4.78, 5) is 34.4. The predicted octanol–water partition coefficient (Wildman–Crippen LogP) is 4.48. The van der Waals surface area contributed by atoms with Crippen molar-refractivity contribution >= 4 is 29.0 Å². The van der Waals surface area contributed by atoms with Crippen LogP contribution in [0.3, 0.4) is 0 Å². The van der Waals surface area contributed by atoms with Crippen molar-refractivity contribution in [2.45, 2.75) is 51.4 Å². The minimum Gasteiger partial charge on any atom is -0.321 e. The molecule has 0 aromatic carbocycles. The van der Waals surface area contributed by atoms with Gasteiger partial charge in [-0.2, -0.15) is 0 Å². The summed E-state index contributed by atoms with van der Waals surface area (Å²) in [7, 11) is 0. The van der Waals surface area contributed by atoms with Crippen LogP contribution in [0, 0.1) is 6.92 Å². The Morgan fingerprint density at radius 1 is 1.17 bits per heavy atom. The molecule has 29 heavy (non-hydrogen) atoms. The third-order valence-electron chi connectivity index (χ3n) is 5.18. The Hall–Kier alpha value is -2.32. The van der Waals surface area contributed by atoms with Gasteiger partial charge in [-0.3, -0.25) is 9.78 Å². The molecule has 0 saturated heterocycles. The van der Waals surface area contributed by atoms with Crippen LogP contribution >= 0.6 is 23.1 Å². The van der Waals surface area contributed by atoms with Gasteiger partial charge in [-0.05, 0) is 51.1 Å². The normalized spacial score (nSPS) is 15.1. The maximum atomic E-state index is 13.2. The zero-order valence-electron chi connectivity index (χ0n) is 17.2. The molecule has 1 amide bonds. The molecule has 150 valence electrons. The molecule has 0 radical (unpaired) electrons. The Morgan fingerprint density at radius 3 is 2.62 bits per heavy atom. The van der Waals surface area contributed by atoms with Gasteiger partial charge >= 0.3 is 0 Å². The standard InChI is InChI=1S/C21H23N5OS2/c1-6-13-10-22-20(28-5)25-15(13)18-24-16-17(29-18)21(3,4)26(19(16)27)11-14-9-7-8-12(2)23-14/h7-10H,6,11H2,1-5H3. The molecule has 0 atom stereocenters. The number of carbonyl (C=O) groups is 1. The third kappa shape index (κ3) is 3.44. The fraction of sp³-hybridized carbons (Fsp3) is 0.381. The van der Waals surface area contributed by atoms with E-state index in [1.807, 2.05) is 42.5 Å². The fourth-order valence-corrected chi connectivity index (χ4v) is 5.07. The summed E-state index contributed by atoms with van der Waals surface area (Å²) in [6.07, 6.45) is 4.64. The molecule has 4 heterocycles. The number of hydrogen-bond acceptors (Lipinski definition) is 7. The topological polar surface area (TPSA) is 71.9 Å². The molecule has 0 bridgehead atoms. The van der Waals surface area contributed by atoms with Crippen LogP contribution in [-0.4, -0.2) is 37.0 Å². The maximum Gasteiger partial charge on any atom is 0.274 e. The van der Waals surface area contributed by atoms with E-state index in [0.717, 1.165) is 39.0 Å². The third-order valence-corrected chi connectivity index (χ3v) is 7.12. The summed E-state index contributed by atoms with van der Waals surface area (Å²) in [5, 5.41) is 1.50. The van der Waals surface area contributed by atoms with E-state index in [1.165, 1.54) is 11.8 Å². The van der Waals surface area contributed by atoms with Crippen molar-refractivity contribution in [3.05, 3.63) is 51.9 Å². The number of nitrogens with zero attached hydrogens (tertiary/aromatic N) is 5. The van der Waals surface area contributed by atoms with Crippen LogP contribution in [0.15, 0.2) is 29.6 Å². The first-order chi connectivity index (χ1) is 13.8. The average molecular weight is 426 g/mol. The molecule has 4 rings (SSSR count). The molecule has 3 aromatic heterocycles. The lowest BCUT2D eigenvalue weighted by Gasteiger charge is -2.31. The number of aryl methyl sites for hydroxylation is 2. The predicted molar refractivity (Wildman–Crippen MR) is 116 cm³/mol. The van der Waals surface area contributed by atoms with E-state index in [2.05, 4.69) is 35.7 Å². The van der Waals surface area contributed by atoms with Crippen LogP contribution in [0.2, 0.25) is 0 Å². The molecule has 0 fully saturated rings. The monoisotopic (exact) mass is 425 g/mol.